The Bertz CT molecular complexity index is 1390. The number of hydrogen-bond donors (Lipinski definition) is 2. The molecule has 0 aliphatic heterocycles. The molecule has 7 nitrogen and oxygen atoms in total. The van der Waals surface area contributed by atoms with Crippen molar-refractivity contribution in [1.82, 2.24) is 15.2 Å². The molecule has 33 heavy (non-hydrogen) atoms. The van der Waals surface area contributed by atoms with Gasteiger partial charge in [-0.2, -0.15) is 5.10 Å². The van der Waals surface area contributed by atoms with Gasteiger partial charge in [-0.05, 0) is 49.4 Å². The van der Waals surface area contributed by atoms with Gasteiger partial charge in [-0.1, -0.05) is 52.3 Å². The van der Waals surface area contributed by atoms with Crippen LogP contribution in [0.4, 0.5) is 0 Å². The average Bonchev–Trinajstić information content (AvgIpc) is 3.13. The van der Waals surface area contributed by atoms with Crippen molar-refractivity contribution in [2.24, 2.45) is 5.10 Å². The molecule has 8 heteroatoms. The summed E-state index contributed by atoms with van der Waals surface area (Å²) in [5.74, 6) is 0.143. The first-order chi connectivity index (χ1) is 16.0. The number of halogens is 1. The number of carbonyl (C=O) groups excluding carboxylic acids is 1. The maximum absolute atomic E-state index is 13.4. The molecule has 4 aromatic rings. The molecule has 0 saturated carbocycles. The number of rotatable bonds is 6. The Labute approximate surface area is 198 Å². The van der Waals surface area contributed by atoms with E-state index >= 15 is 0 Å². The van der Waals surface area contributed by atoms with Crippen LogP contribution in [0, 0.1) is 6.92 Å². The summed E-state index contributed by atoms with van der Waals surface area (Å²) < 4.78 is 7.47. The van der Waals surface area contributed by atoms with Crippen molar-refractivity contribution in [2.45, 2.75) is 6.92 Å². The minimum atomic E-state index is -0.419. The fraction of sp³-hybridized carbons (Fsp3) is 0.0800. The number of nitrogens with zero attached hydrogens (tertiary/aromatic N) is 2. The summed E-state index contributed by atoms with van der Waals surface area (Å²) in [4.78, 5) is 26.2. The van der Waals surface area contributed by atoms with Crippen LogP contribution in [-0.2, 0) is 0 Å². The average molecular weight is 505 g/mol. The molecule has 0 fully saturated rings. The maximum atomic E-state index is 13.4. The normalized spacial score (nSPS) is 11.3. The van der Waals surface area contributed by atoms with Crippen LogP contribution in [-0.4, -0.2) is 28.5 Å². The fourth-order valence-electron chi connectivity index (χ4n) is 3.42. The minimum Gasteiger partial charge on any atom is -0.497 e. The molecule has 0 aliphatic rings. The molecule has 1 heterocycles. The zero-order valence-electron chi connectivity index (χ0n) is 18.0. The van der Waals surface area contributed by atoms with E-state index in [9.17, 15) is 9.59 Å². The number of aryl methyl sites for hydroxylation is 1. The van der Waals surface area contributed by atoms with Crippen LogP contribution in [0.1, 0.15) is 27.2 Å². The van der Waals surface area contributed by atoms with Gasteiger partial charge >= 0.3 is 0 Å². The molecule has 0 saturated heterocycles. The van der Waals surface area contributed by atoms with Gasteiger partial charge < -0.3 is 4.74 Å². The number of benzene rings is 3. The summed E-state index contributed by atoms with van der Waals surface area (Å²) >= 11 is 3.47. The highest BCUT2D eigenvalue weighted by Gasteiger charge is 2.20. The van der Waals surface area contributed by atoms with Crippen molar-refractivity contribution in [3.63, 3.8) is 0 Å². The van der Waals surface area contributed by atoms with E-state index in [4.69, 9.17) is 4.74 Å². The van der Waals surface area contributed by atoms with Gasteiger partial charge in [-0.3, -0.25) is 14.7 Å². The Morgan fingerprint density at radius 2 is 1.73 bits per heavy atom. The summed E-state index contributed by atoms with van der Waals surface area (Å²) in [6.07, 6.45) is 0. The molecule has 4 rings (SSSR count). The first-order valence-corrected chi connectivity index (χ1v) is 10.9. The Hall–Kier alpha value is -3.91. The molecule has 0 radical (unpaired) electrons. The molecule has 2 N–H and O–H groups in total. The van der Waals surface area contributed by atoms with Gasteiger partial charge in [0.1, 0.15) is 11.5 Å². The molecule has 166 valence electrons. The monoisotopic (exact) mass is 504 g/mol. The highest BCUT2D eigenvalue weighted by atomic mass is 79.9. The highest BCUT2D eigenvalue weighted by Crippen LogP contribution is 2.18. The quantitative estimate of drug-likeness (QED) is 0.300. The largest absolute Gasteiger partial charge is 0.497 e. The molecular formula is C25H21BrN4O3. The van der Waals surface area contributed by atoms with Crippen LogP contribution >= 0.6 is 15.9 Å². The Kier molecular flexibility index (Phi) is 6.55. The molecule has 3 aromatic carbocycles. The smallest absolute Gasteiger partial charge is 0.281 e. The second-order valence-corrected chi connectivity index (χ2v) is 8.15. The van der Waals surface area contributed by atoms with E-state index in [1.165, 1.54) is 11.8 Å². The van der Waals surface area contributed by atoms with E-state index in [-0.39, 0.29) is 5.56 Å². The van der Waals surface area contributed by atoms with E-state index < -0.39 is 5.91 Å². The third kappa shape index (κ3) is 4.80. The third-order valence-electron chi connectivity index (χ3n) is 5.02. The Balaban J connectivity index is 1.79. The summed E-state index contributed by atoms with van der Waals surface area (Å²) in [5.41, 5.74) is 5.42. The van der Waals surface area contributed by atoms with Gasteiger partial charge in [0, 0.05) is 21.3 Å². The van der Waals surface area contributed by atoms with Crippen LogP contribution in [0.5, 0.6) is 5.75 Å². The molecule has 0 bridgehead atoms. The first kappa shape index (κ1) is 22.3. The summed E-state index contributed by atoms with van der Waals surface area (Å²) in [5, 5.41) is 7.50. The number of methoxy groups -OCH3 is 1. The number of aromatic nitrogens is 2. The SMILES string of the molecule is COc1cccc(C(=O)NN=C(c2cccc(Br)c2)c2c(C)[nH]n(-c3ccccc3)c2=O)c1. The maximum Gasteiger partial charge on any atom is 0.281 e. The van der Waals surface area contributed by atoms with E-state index in [1.54, 1.807) is 31.2 Å². The van der Waals surface area contributed by atoms with Crippen molar-refractivity contribution < 1.29 is 9.53 Å². The number of hydrogen-bond acceptors (Lipinski definition) is 4. The Morgan fingerprint density at radius 3 is 2.45 bits per heavy atom. The molecule has 0 unspecified atom stereocenters. The van der Waals surface area contributed by atoms with Crippen molar-refractivity contribution in [2.75, 3.05) is 7.11 Å². The third-order valence-corrected chi connectivity index (χ3v) is 5.52. The molecule has 0 spiro atoms. The number of carbonyl (C=O) groups is 1. The first-order valence-electron chi connectivity index (χ1n) is 10.1. The highest BCUT2D eigenvalue weighted by molar-refractivity contribution is 9.10. The molecular weight excluding hydrogens is 484 g/mol. The minimum absolute atomic E-state index is 0.270. The lowest BCUT2D eigenvalue weighted by Crippen LogP contribution is -2.25. The number of para-hydroxylation sites is 1. The number of hydrazone groups is 1. The van der Waals surface area contributed by atoms with Gasteiger partial charge in [-0.15, -0.1) is 0 Å². The molecule has 0 atom stereocenters. The fourth-order valence-corrected chi connectivity index (χ4v) is 3.82. The number of nitrogens with one attached hydrogen (secondary N) is 2. The number of H-pyrrole nitrogens is 1. The standard InChI is InChI=1S/C25H21BrN4O3/c1-16-22(25(32)30(29-16)20-11-4-3-5-12-20)23(17-8-6-10-19(26)14-17)27-28-24(31)18-9-7-13-21(15-18)33-2/h3-15,29H,1-2H3,(H,28,31). The van der Waals surface area contributed by atoms with Gasteiger partial charge in [0.2, 0.25) is 0 Å². The summed E-state index contributed by atoms with van der Waals surface area (Å²) in [7, 11) is 1.53. The van der Waals surface area contributed by atoms with Crippen molar-refractivity contribution in [3.8, 4) is 11.4 Å². The van der Waals surface area contributed by atoms with E-state index in [1.807, 2.05) is 54.6 Å². The lowest BCUT2D eigenvalue weighted by molar-refractivity contribution is 0.0954. The van der Waals surface area contributed by atoms with Crippen LogP contribution in [0.2, 0.25) is 0 Å². The molecule has 1 aromatic heterocycles. The summed E-state index contributed by atoms with van der Waals surface area (Å²) in [6, 6.07) is 23.4. The lowest BCUT2D eigenvalue weighted by atomic mass is 10.0. The zero-order chi connectivity index (χ0) is 23.4. The van der Waals surface area contributed by atoms with Crippen LogP contribution in [0.15, 0.2) is 93.2 Å². The second kappa shape index (κ2) is 9.70. The van der Waals surface area contributed by atoms with Crippen LogP contribution < -0.4 is 15.7 Å². The second-order valence-electron chi connectivity index (χ2n) is 7.23. The van der Waals surface area contributed by atoms with E-state index in [0.29, 0.717) is 39.5 Å². The lowest BCUT2D eigenvalue weighted by Gasteiger charge is -2.08. The Morgan fingerprint density at radius 1 is 1.00 bits per heavy atom. The number of ether oxygens (including phenoxy) is 1. The van der Waals surface area contributed by atoms with Crippen molar-refractivity contribution in [1.29, 1.82) is 0 Å². The zero-order valence-corrected chi connectivity index (χ0v) is 19.6. The summed E-state index contributed by atoms with van der Waals surface area (Å²) in [6.45, 7) is 1.80. The van der Waals surface area contributed by atoms with Gasteiger partial charge in [0.25, 0.3) is 11.5 Å². The van der Waals surface area contributed by atoms with Crippen molar-refractivity contribution >= 4 is 27.5 Å². The van der Waals surface area contributed by atoms with Crippen LogP contribution in [0.25, 0.3) is 5.69 Å². The number of amides is 1. The van der Waals surface area contributed by atoms with E-state index in [0.717, 1.165) is 4.47 Å². The topological polar surface area (TPSA) is 88.5 Å². The number of aromatic amines is 1. The predicted molar refractivity (Wildman–Crippen MR) is 131 cm³/mol. The van der Waals surface area contributed by atoms with E-state index in [2.05, 4.69) is 31.6 Å². The molecule has 0 aliphatic carbocycles. The van der Waals surface area contributed by atoms with Gasteiger partial charge in [-0.25, -0.2) is 10.1 Å². The predicted octanol–water partition coefficient (Wildman–Crippen LogP) is 4.43. The van der Waals surface area contributed by atoms with Gasteiger partial charge in [0.05, 0.1) is 18.4 Å². The van der Waals surface area contributed by atoms with Crippen molar-refractivity contribution in [3.05, 3.63) is 116 Å². The van der Waals surface area contributed by atoms with Crippen LogP contribution in [0.3, 0.4) is 0 Å². The molecule has 1 amide bonds. The van der Waals surface area contributed by atoms with Gasteiger partial charge in [0.15, 0.2) is 0 Å².